The quantitative estimate of drug-likeness (QED) is 0.608. The number of ether oxygens (including phenoxy) is 1. The minimum atomic E-state index is -2.60. The van der Waals surface area contributed by atoms with Crippen molar-refractivity contribution in [1.29, 1.82) is 0 Å². The Morgan fingerprint density at radius 1 is 1.50 bits per heavy atom. The highest BCUT2D eigenvalue weighted by Crippen LogP contribution is 2.21. The van der Waals surface area contributed by atoms with Crippen molar-refractivity contribution in [2.24, 2.45) is 0 Å². The summed E-state index contributed by atoms with van der Waals surface area (Å²) in [4.78, 5) is 0.215. The third kappa shape index (κ3) is 2.60. The zero-order chi connectivity index (χ0) is 10.6. The van der Waals surface area contributed by atoms with E-state index >= 15 is 0 Å². The number of thiol groups is 1. The molecule has 1 rings (SSSR count). The van der Waals surface area contributed by atoms with Gasteiger partial charge < -0.3 is 4.74 Å². The van der Waals surface area contributed by atoms with E-state index in [1.807, 2.05) is 6.92 Å². The van der Waals surface area contributed by atoms with Gasteiger partial charge in [-0.15, -0.1) is 0 Å². The Bertz CT molecular complexity index is 400. The largest absolute Gasteiger partial charge is 0.488 e. The summed E-state index contributed by atoms with van der Waals surface area (Å²) in [6.45, 7) is 5.68. The van der Waals surface area contributed by atoms with Crippen molar-refractivity contribution in [3.8, 4) is 5.75 Å². The Labute approximate surface area is 85.0 Å². The summed E-state index contributed by atoms with van der Waals surface area (Å²) in [5.74, 6) is 0.390. The molecule has 0 radical (unpaired) electrons. The molecule has 0 heterocycles. The van der Waals surface area contributed by atoms with Crippen molar-refractivity contribution < 1.29 is 13.2 Å². The zero-order valence-corrected chi connectivity index (χ0v) is 8.79. The van der Waals surface area contributed by atoms with Crippen LogP contribution in [0.2, 0.25) is 0 Å². The molecule has 0 amide bonds. The maximum atomic E-state index is 10.8. The maximum Gasteiger partial charge on any atom is 0.171 e. The van der Waals surface area contributed by atoms with Gasteiger partial charge in [-0.25, -0.2) is 8.42 Å². The van der Waals surface area contributed by atoms with Gasteiger partial charge in [0.05, 0.1) is 0 Å². The zero-order valence-electron chi connectivity index (χ0n) is 7.90. The van der Waals surface area contributed by atoms with Crippen LogP contribution in [-0.4, -0.2) is 15.0 Å². The van der Waals surface area contributed by atoms with E-state index in [0.29, 0.717) is 12.4 Å². The Balaban J connectivity index is 3.08. The van der Waals surface area contributed by atoms with Gasteiger partial charge in [0.25, 0.3) is 0 Å². The first-order valence-electron chi connectivity index (χ1n) is 4.14. The molecule has 0 aliphatic rings. The van der Waals surface area contributed by atoms with Crippen molar-refractivity contribution in [1.82, 2.24) is 0 Å². The molecule has 3 nitrogen and oxygen atoms in total. The van der Waals surface area contributed by atoms with Gasteiger partial charge in [0.15, 0.2) is 10.7 Å². The lowest BCUT2D eigenvalue weighted by atomic mass is 10.2. The molecular weight excluding hydrogens is 200 g/mol. The molecule has 4 heteroatoms. The fraction of sp³-hybridized carbons (Fsp3) is 0.200. The molecule has 0 fully saturated rings. The van der Waals surface area contributed by atoms with Crippen molar-refractivity contribution in [2.75, 3.05) is 6.61 Å². The van der Waals surface area contributed by atoms with E-state index in [4.69, 9.17) is 4.74 Å². The highest BCUT2D eigenvalue weighted by Gasteiger charge is 2.05. The molecule has 1 aromatic rings. The molecule has 0 aliphatic carbocycles. The molecule has 0 N–H and O–H groups in total. The summed E-state index contributed by atoms with van der Waals surface area (Å²) in [5.41, 5.74) is 0.963. The molecule has 0 bridgehead atoms. The summed E-state index contributed by atoms with van der Waals surface area (Å²) in [7, 11) is -2.60. The SMILES string of the molecule is C=CCOc1cc(C)ccc1[SH](=O)=O. The molecule has 76 valence electrons. The minimum absolute atomic E-state index is 0.215. The number of aryl methyl sites for hydroxylation is 1. The van der Waals surface area contributed by atoms with Gasteiger partial charge in [0.1, 0.15) is 17.3 Å². The summed E-state index contributed by atoms with van der Waals surface area (Å²) >= 11 is 0. The molecule has 0 aliphatic heterocycles. The van der Waals surface area contributed by atoms with Gasteiger partial charge in [-0.05, 0) is 24.6 Å². The van der Waals surface area contributed by atoms with E-state index in [1.54, 1.807) is 24.3 Å². The van der Waals surface area contributed by atoms with Crippen LogP contribution in [0.4, 0.5) is 0 Å². The van der Waals surface area contributed by atoms with E-state index in [0.717, 1.165) is 5.56 Å². The number of hydrogen-bond donors (Lipinski definition) is 1. The third-order valence-electron chi connectivity index (χ3n) is 1.67. The first kappa shape index (κ1) is 10.8. The van der Waals surface area contributed by atoms with E-state index in [1.165, 1.54) is 0 Å². The van der Waals surface area contributed by atoms with Gasteiger partial charge in [-0.3, -0.25) is 0 Å². The number of rotatable bonds is 4. The van der Waals surface area contributed by atoms with Crippen molar-refractivity contribution in [2.45, 2.75) is 11.8 Å². The van der Waals surface area contributed by atoms with Crippen molar-refractivity contribution >= 4 is 10.7 Å². The van der Waals surface area contributed by atoms with Gasteiger partial charge in [-0.1, -0.05) is 18.7 Å². The van der Waals surface area contributed by atoms with Crippen LogP contribution in [0.15, 0.2) is 35.7 Å². The van der Waals surface area contributed by atoms with Crippen LogP contribution in [0.3, 0.4) is 0 Å². The smallest absolute Gasteiger partial charge is 0.171 e. The third-order valence-corrected chi connectivity index (χ3v) is 2.43. The topological polar surface area (TPSA) is 43.4 Å². The Kier molecular flexibility index (Phi) is 3.71. The van der Waals surface area contributed by atoms with E-state index in [9.17, 15) is 8.42 Å². The van der Waals surface area contributed by atoms with Crippen molar-refractivity contribution in [3.05, 3.63) is 36.4 Å². The molecule has 0 atom stereocenters. The average molecular weight is 212 g/mol. The van der Waals surface area contributed by atoms with Crippen LogP contribution in [-0.2, 0) is 10.7 Å². The Morgan fingerprint density at radius 3 is 2.79 bits per heavy atom. The van der Waals surface area contributed by atoms with Crippen LogP contribution in [0, 0.1) is 6.92 Å². The fourth-order valence-electron chi connectivity index (χ4n) is 1.04. The molecule has 14 heavy (non-hydrogen) atoms. The second kappa shape index (κ2) is 4.81. The minimum Gasteiger partial charge on any atom is -0.488 e. The molecule has 0 saturated heterocycles. The molecule has 0 spiro atoms. The van der Waals surface area contributed by atoms with Gasteiger partial charge in [0, 0.05) is 0 Å². The molecule has 1 aromatic carbocycles. The predicted molar refractivity (Wildman–Crippen MR) is 55.5 cm³/mol. The van der Waals surface area contributed by atoms with E-state index in [2.05, 4.69) is 6.58 Å². The van der Waals surface area contributed by atoms with Crippen LogP contribution >= 0.6 is 0 Å². The monoisotopic (exact) mass is 212 g/mol. The summed E-state index contributed by atoms with van der Waals surface area (Å²) in [6.07, 6.45) is 1.57. The second-order valence-electron chi connectivity index (χ2n) is 2.83. The Morgan fingerprint density at radius 2 is 2.21 bits per heavy atom. The Hall–Kier alpha value is -1.29. The van der Waals surface area contributed by atoms with Crippen molar-refractivity contribution in [3.63, 3.8) is 0 Å². The highest BCUT2D eigenvalue weighted by molar-refractivity contribution is 7.72. The lowest BCUT2D eigenvalue weighted by Gasteiger charge is -2.06. The van der Waals surface area contributed by atoms with Crippen LogP contribution in [0.1, 0.15) is 5.56 Å². The van der Waals surface area contributed by atoms with Gasteiger partial charge in [0.2, 0.25) is 0 Å². The first-order chi connectivity index (χ1) is 6.65. The fourth-order valence-corrected chi connectivity index (χ4v) is 1.54. The van der Waals surface area contributed by atoms with Gasteiger partial charge >= 0.3 is 0 Å². The summed E-state index contributed by atoms with van der Waals surface area (Å²) < 4.78 is 26.9. The maximum absolute atomic E-state index is 10.8. The van der Waals surface area contributed by atoms with Crippen LogP contribution < -0.4 is 4.74 Å². The summed E-state index contributed by atoms with van der Waals surface area (Å²) in [6, 6.07) is 4.98. The average Bonchev–Trinajstić information content (AvgIpc) is 2.14. The van der Waals surface area contributed by atoms with E-state index in [-0.39, 0.29) is 4.90 Å². The first-order valence-corrected chi connectivity index (χ1v) is 5.31. The molecular formula is C10H12O3S. The predicted octanol–water partition coefficient (Wildman–Crippen LogP) is 1.53. The molecule has 0 saturated carbocycles. The van der Waals surface area contributed by atoms with Crippen LogP contribution in [0.25, 0.3) is 0 Å². The standard InChI is InChI=1S/C10H12O3S/c1-3-6-13-9-7-8(2)4-5-10(9)14(11)12/h3-5,7,14H,1,6H2,2H3. The van der Waals surface area contributed by atoms with E-state index < -0.39 is 10.7 Å². The molecule has 0 unspecified atom stereocenters. The number of benzene rings is 1. The second-order valence-corrected chi connectivity index (χ2v) is 3.82. The lowest BCUT2D eigenvalue weighted by molar-refractivity contribution is 0.353. The summed E-state index contributed by atoms with van der Waals surface area (Å²) in [5, 5.41) is 0. The van der Waals surface area contributed by atoms with Crippen LogP contribution in [0.5, 0.6) is 5.75 Å². The molecule has 0 aromatic heterocycles. The highest BCUT2D eigenvalue weighted by atomic mass is 32.2. The number of hydrogen-bond acceptors (Lipinski definition) is 3. The van der Waals surface area contributed by atoms with Gasteiger partial charge in [-0.2, -0.15) is 0 Å². The lowest BCUT2D eigenvalue weighted by Crippen LogP contribution is -1.96. The normalized spacial score (nSPS) is 10.1.